The van der Waals surface area contributed by atoms with Crippen LogP contribution < -0.4 is 5.32 Å². The molecule has 0 aliphatic heterocycles. The molecule has 0 bridgehead atoms. The van der Waals surface area contributed by atoms with E-state index in [-0.39, 0.29) is 11.8 Å². The van der Waals surface area contributed by atoms with E-state index in [1.807, 2.05) is 6.92 Å². The van der Waals surface area contributed by atoms with Crippen molar-refractivity contribution < 1.29 is 4.79 Å². The average molecular weight is 213 g/mol. The van der Waals surface area contributed by atoms with Crippen LogP contribution in [0.25, 0.3) is 0 Å². The van der Waals surface area contributed by atoms with Crippen LogP contribution in [0.5, 0.6) is 0 Å². The summed E-state index contributed by atoms with van der Waals surface area (Å²) in [6.45, 7) is 8.44. The fourth-order valence-electron chi connectivity index (χ4n) is 1.72. The van der Waals surface area contributed by atoms with Gasteiger partial charge < -0.3 is 5.32 Å². The highest BCUT2D eigenvalue weighted by atomic mass is 16.1. The van der Waals surface area contributed by atoms with E-state index in [4.69, 9.17) is 0 Å². The van der Waals surface area contributed by atoms with Gasteiger partial charge in [0.15, 0.2) is 0 Å². The fourth-order valence-corrected chi connectivity index (χ4v) is 1.72. The normalized spacial score (nSPS) is 14.7. The molecule has 90 valence electrons. The van der Waals surface area contributed by atoms with Crippen LogP contribution in [0, 0.1) is 5.92 Å². The molecule has 2 unspecified atom stereocenters. The Morgan fingerprint density at radius 1 is 1.07 bits per heavy atom. The summed E-state index contributed by atoms with van der Waals surface area (Å²) in [6, 6.07) is 0.336. The van der Waals surface area contributed by atoms with Gasteiger partial charge in [0, 0.05) is 12.0 Å². The fraction of sp³-hybridized carbons (Fsp3) is 0.923. The van der Waals surface area contributed by atoms with E-state index in [9.17, 15) is 4.79 Å². The molecule has 0 aliphatic carbocycles. The first-order chi connectivity index (χ1) is 7.11. The van der Waals surface area contributed by atoms with Gasteiger partial charge in [-0.25, -0.2) is 0 Å². The molecule has 2 heteroatoms. The van der Waals surface area contributed by atoms with Gasteiger partial charge in [-0.15, -0.1) is 0 Å². The summed E-state index contributed by atoms with van der Waals surface area (Å²) in [4.78, 5) is 11.7. The monoisotopic (exact) mass is 213 g/mol. The lowest BCUT2D eigenvalue weighted by molar-refractivity contribution is -0.125. The van der Waals surface area contributed by atoms with Crippen molar-refractivity contribution in [1.82, 2.24) is 5.32 Å². The van der Waals surface area contributed by atoms with E-state index in [0.717, 1.165) is 19.3 Å². The van der Waals surface area contributed by atoms with Gasteiger partial charge in [-0.05, 0) is 19.8 Å². The molecule has 15 heavy (non-hydrogen) atoms. The second-order valence-electron chi connectivity index (χ2n) is 4.60. The molecule has 0 aromatic rings. The van der Waals surface area contributed by atoms with Gasteiger partial charge in [0.25, 0.3) is 0 Å². The molecule has 0 aromatic heterocycles. The van der Waals surface area contributed by atoms with Crippen LogP contribution in [0.15, 0.2) is 0 Å². The molecular weight excluding hydrogens is 186 g/mol. The van der Waals surface area contributed by atoms with Gasteiger partial charge in [0.05, 0.1) is 0 Å². The van der Waals surface area contributed by atoms with Crippen LogP contribution in [0.1, 0.15) is 66.2 Å². The zero-order chi connectivity index (χ0) is 11.7. The zero-order valence-corrected chi connectivity index (χ0v) is 10.8. The Morgan fingerprint density at radius 3 is 2.27 bits per heavy atom. The van der Waals surface area contributed by atoms with Gasteiger partial charge in [-0.1, -0.05) is 46.5 Å². The van der Waals surface area contributed by atoms with Crippen LogP contribution in [0.3, 0.4) is 0 Å². The summed E-state index contributed by atoms with van der Waals surface area (Å²) in [6.07, 6.45) is 6.92. The van der Waals surface area contributed by atoms with Crippen molar-refractivity contribution >= 4 is 5.91 Å². The van der Waals surface area contributed by atoms with Gasteiger partial charge in [-0.3, -0.25) is 4.79 Å². The Kier molecular flexibility index (Phi) is 8.44. The maximum Gasteiger partial charge on any atom is 0.223 e. The van der Waals surface area contributed by atoms with Crippen LogP contribution >= 0.6 is 0 Å². The van der Waals surface area contributed by atoms with Gasteiger partial charge in [0.1, 0.15) is 0 Å². The highest BCUT2D eigenvalue weighted by molar-refractivity contribution is 5.78. The van der Waals surface area contributed by atoms with E-state index < -0.39 is 0 Å². The third kappa shape index (κ3) is 7.40. The molecule has 0 fully saturated rings. The lowest BCUT2D eigenvalue weighted by Crippen LogP contribution is -2.36. The first kappa shape index (κ1) is 14.5. The molecule has 0 saturated heterocycles. The summed E-state index contributed by atoms with van der Waals surface area (Å²) in [5.41, 5.74) is 0. The van der Waals surface area contributed by atoms with Crippen LogP contribution in [-0.4, -0.2) is 11.9 Å². The summed E-state index contributed by atoms with van der Waals surface area (Å²) in [7, 11) is 0. The second kappa shape index (κ2) is 8.75. The van der Waals surface area contributed by atoms with Crippen LogP contribution in [0.2, 0.25) is 0 Å². The molecule has 0 saturated carbocycles. The zero-order valence-electron chi connectivity index (χ0n) is 10.8. The van der Waals surface area contributed by atoms with E-state index in [1.165, 1.54) is 19.3 Å². The third-order valence-corrected chi connectivity index (χ3v) is 2.80. The predicted molar refractivity (Wildman–Crippen MR) is 65.8 cm³/mol. The molecule has 0 aromatic carbocycles. The lowest BCUT2D eigenvalue weighted by Gasteiger charge is -2.17. The first-order valence-corrected chi connectivity index (χ1v) is 6.42. The maximum absolute atomic E-state index is 11.7. The summed E-state index contributed by atoms with van der Waals surface area (Å²) < 4.78 is 0. The number of unbranched alkanes of at least 4 members (excludes halogenated alkanes) is 2. The predicted octanol–water partition coefficient (Wildman–Crippen LogP) is 3.51. The molecule has 0 rings (SSSR count). The minimum atomic E-state index is 0.170. The number of hydrogen-bond acceptors (Lipinski definition) is 1. The smallest absolute Gasteiger partial charge is 0.223 e. The molecular formula is C13H27NO. The standard InChI is InChI=1S/C13H27NO/c1-5-7-8-10-12(4)14-13(15)11(3)9-6-2/h11-12H,5-10H2,1-4H3,(H,14,15). The Bertz CT molecular complexity index is 168. The number of rotatable bonds is 8. The van der Waals surface area contributed by atoms with Crippen molar-refractivity contribution in [3.63, 3.8) is 0 Å². The van der Waals surface area contributed by atoms with Gasteiger partial charge in [0.2, 0.25) is 5.91 Å². The Hall–Kier alpha value is -0.530. The largest absolute Gasteiger partial charge is 0.353 e. The van der Waals surface area contributed by atoms with Crippen molar-refractivity contribution in [3.8, 4) is 0 Å². The highest BCUT2D eigenvalue weighted by Crippen LogP contribution is 2.07. The van der Waals surface area contributed by atoms with E-state index >= 15 is 0 Å². The third-order valence-electron chi connectivity index (χ3n) is 2.80. The Morgan fingerprint density at radius 2 is 1.73 bits per heavy atom. The quantitative estimate of drug-likeness (QED) is 0.614. The summed E-state index contributed by atoms with van der Waals surface area (Å²) >= 11 is 0. The van der Waals surface area contributed by atoms with Crippen molar-refractivity contribution in [2.45, 2.75) is 72.3 Å². The maximum atomic E-state index is 11.7. The van der Waals surface area contributed by atoms with Crippen LogP contribution in [-0.2, 0) is 4.79 Å². The molecule has 2 nitrogen and oxygen atoms in total. The number of nitrogens with one attached hydrogen (secondary N) is 1. The molecule has 1 N–H and O–H groups in total. The molecule has 2 atom stereocenters. The number of carbonyl (C=O) groups is 1. The lowest BCUT2D eigenvalue weighted by atomic mass is 10.0. The minimum absolute atomic E-state index is 0.170. The number of amides is 1. The minimum Gasteiger partial charge on any atom is -0.353 e. The topological polar surface area (TPSA) is 29.1 Å². The van der Waals surface area contributed by atoms with Crippen molar-refractivity contribution in [3.05, 3.63) is 0 Å². The SMILES string of the molecule is CCCCCC(C)NC(=O)C(C)CCC. The Balaban J connectivity index is 3.65. The second-order valence-corrected chi connectivity index (χ2v) is 4.60. The number of hydrogen-bond donors (Lipinski definition) is 1. The molecule has 1 amide bonds. The highest BCUT2D eigenvalue weighted by Gasteiger charge is 2.13. The van der Waals surface area contributed by atoms with Crippen molar-refractivity contribution in [1.29, 1.82) is 0 Å². The summed E-state index contributed by atoms with van der Waals surface area (Å²) in [5, 5.41) is 3.08. The molecule has 0 heterocycles. The van der Waals surface area contributed by atoms with Crippen molar-refractivity contribution in [2.24, 2.45) is 5.92 Å². The van der Waals surface area contributed by atoms with Gasteiger partial charge >= 0.3 is 0 Å². The van der Waals surface area contributed by atoms with Crippen molar-refractivity contribution in [2.75, 3.05) is 0 Å². The average Bonchev–Trinajstić information content (AvgIpc) is 2.18. The molecule has 0 aliphatic rings. The first-order valence-electron chi connectivity index (χ1n) is 6.42. The Labute approximate surface area is 94.8 Å². The van der Waals surface area contributed by atoms with Gasteiger partial charge in [-0.2, -0.15) is 0 Å². The number of carbonyl (C=O) groups excluding carboxylic acids is 1. The summed E-state index contributed by atoms with van der Waals surface area (Å²) in [5.74, 6) is 0.393. The van der Waals surface area contributed by atoms with E-state index in [1.54, 1.807) is 0 Å². The van der Waals surface area contributed by atoms with E-state index in [2.05, 4.69) is 26.1 Å². The molecule has 0 radical (unpaired) electrons. The molecule has 0 spiro atoms. The van der Waals surface area contributed by atoms with E-state index in [0.29, 0.717) is 6.04 Å². The van der Waals surface area contributed by atoms with Crippen LogP contribution in [0.4, 0.5) is 0 Å².